The van der Waals surface area contributed by atoms with Crippen LogP contribution in [0.15, 0.2) is 12.1 Å². The second-order valence-electron chi connectivity index (χ2n) is 6.87. The van der Waals surface area contributed by atoms with Crippen LogP contribution < -0.4 is 5.32 Å². The highest BCUT2D eigenvalue weighted by Gasteiger charge is 2.24. The number of hydrogen-bond donors (Lipinski definition) is 1. The molecule has 0 radical (unpaired) electrons. The molecular formula is C17H27NOS. The SMILES string of the molecule is CC1CC(C)CC(OCc2ccc(CNC3CC3)s2)C1. The Kier molecular flexibility index (Phi) is 4.79. The number of thiophene rings is 1. The molecule has 0 aliphatic heterocycles. The van der Waals surface area contributed by atoms with Crippen LogP contribution in [0.25, 0.3) is 0 Å². The standard InChI is InChI=1S/C17H27NOS/c1-12-7-13(2)9-15(8-12)19-11-17-6-5-16(20-17)10-18-14-3-4-14/h5-6,12-15,18H,3-4,7-11H2,1-2H3. The summed E-state index contributed by atoms with van der Waals surface area (Å²) >= 11 is 1.91. The van der Waals surface area contributed by atoms with E-state index in [0.29, 0.717) is 6.10 Å². The van der Waals surface area contributed by atoms with Crippen molar-refractivity contribution in [2.24, 2.45) is 11.8 Å². The summed E-state index contributed by atoms with van der Waals surface area (Å²) in [5.74, 6) is 1.65. The van der Waals surface area contributed by atoms with Crippen LogP contribution in [0.3, 0.4) is 0 Å². The number of nitrogens with one attached hydrogen (secondary N) is 1. The molecule has 112 valence electrons. The van der Waals surface area contributed by atoms with Crippen LogP contribution in [0.2, 0.25) is 0 Å². The maximum absolute atomic E-state index is 6.15. The molecule has 0 aromatic carbocycles. The normalized spacial score (nSPS) is 30.6. The minimum absolute atomic E-state index is 0.476. The lowest BCUT2D eigenvalue weighted by Gasteiger charge is -2.31. The Morgan fingerprint density at radius 3 is 2.50 bits per heavy atom. The van der Waals surface area contributed by atoms with Gasteiger partial charge < -0.3 is 10.1 Å². The van der Waals surface area contributed by atoms with E-state index in [1.165, 1.54) is 41.9 Å². The van der Waals surface area contributed by atoms with Crippen molar-refractivity contribution >= 4 is 11.3 Å². The number of rotatable bonds is 6. The lowest BCUT2D eigenvalue weighted by Crippen LogP contribution is -2.26. The first-order valence-corrected chi connectivity index (χ1v) is 8.93. The maximum Gasteiger partial charge on any atom is 0.0813 e. The monoisotopic (exact) mass is 293 g/mol. The molecule has 2 unspecified atom stereocenters. The van der Waals surface area contributed by atoms with Gasteiger partial charge >= 0.3 is 0 Å². The van der Waals surface area contributed by atoms with Gasteiger partial charge in [-0.2, -0.15) is 0 Å². The van der Waals surface area contributed by atoms with Gasteiger partial charge in [0.25, 0.3) is 0 Å². The van der Waals surface area contributed by atoms with E-state index in [1.54, 1.807) is 0 Å². The van der Waals surface area contributed by atoms with Gasteiger partial charge in [0.2, 0.25) is 0 Å². The van der Waals surface area contributed by atoms with Crippen molar-refractivity contribution in [1.82, 2.24) is 5.32 Å². The second kappa shape index (κ2) is 6.59. The Morgan fingerprint density at radius 2 is 1.80 bits per heavy atom. The van der Waals surface area contributed by atoms with Crippen molar-refractivity contribution in [3.05, 3.63) is 21.9 Å². The average Bonchev–Trinajstić information content (AvgIpc) is 3.12. The molecule has 3 heteroatoms. The molecule has 1 aromatic heterocycles. The summed E-state index contributed by atoms with van der Waals surface area (Å²) in [4.78, 5) is 2.82. The lowest BCUT2D eigenvalue weighted by atomic mass is 9.82. The number of hydrogen-bond acceptors (Lipinski definition) is 3. The average molecular weight is 293 g/mol. The maximum atomic E-state index is 6.15. The number of ether oxygens (including phenoxy) is 1. The highest BCUT2D eigenvalue weighted by atomic mass is 32.1. The molecule has 0 amide bonds. The molecular weight excluding hydrogens is 266 g/mol. The van der Waals surface area contributed by atoms with Gasteiger partial charge in [0.05, 0.1) is 12.7 Å². The fraction of sp³-hybridized carbons (Fsp3) is 0.765. The second-order valence-corrected chi connectivity index (χ2v) is 8.13. The van der Waals surface area contributed by atoms with E-state index in [1.807, 2.05) is 11.3 Å². The van der Waals surface area contributed by atoms with Crippen molar-refractivity contribution in [3.63, 3.8) is 0 Å². The fourth-order valence-electron chi connectivity index (χ4n) is 3.34. The van der Waals surface area contributed by atoms with Gasteiger partial charge in [0, 0.05) is 22.3 Å². The Morgan fingerprint density at radius 1 is 1.10 bits per heavy atom. The van der Waals surface area contributed by atoms with E-state index in [0.717, 1.165) is 31.0 Å². The Labute approximate surface area is 126 Å². The molecule has 2 aliphatic rings. The molecule has 1 N–H and O–H groups in total. The quantitative estimate of drug-likeness (QED) is 0.842. The summed E-state index contributed by atoms with van der Waals surface area (Å²) in [6.45, 7) is 6.56. The summed E-state index contributed by atoms with van der Waals surface area (Å²) in [6.07, 6.45) is 7.05. The van der Waals surface area contributed by atoms with Crippen molar-refractivity contribution in [1.29, 1.82) is 0 Å². The summed E-state index contributed by atoms with van der Waals surface area (Å²) < 4.78 is 6.15. The van der Waals surface area contributed by atoms with Gasteiger partial charge in [-0.05, 0) is 56.1 Å². The molecule has 1 aromatic rings. The first kappa shape index (κ1) is 14.6. The summed E-state index contributed by atoms with van der Waals surface area (Å²) in [6, 6.07) is 5.29. The topological polar surface area (TPSA) is 21.3 Å². The molecule has 2 fully saturated rings. The third kappa shape index (κ3) is 4.31. The van der Waals surface area contributed by atoms with E-state index in [4.69, 9.17) is 4.74 Å². The predicted molar refractivity (Wildman–Crippen MR) is 84.9 cm³/mol. The molecule has 2 atom stereocenters. The molecule has 2 aliphatic carbocycles. The van der Waals surface area contributed by atoms with Crippen molar-refractivity contribution in [2.75, 3.05) is 0 Å². The molecule has 2 nitrogen and oxygen atoms in total. The van der Waals surface area contributed by atoms with E-state index < -0.39 is 0 Å². The predicted octanol–water partition coefficient (Wildman–Crippen LogP) is 4.34. The van der Waals surface area contributed by atoms with Crippen LogP contribution in [0.5, 0.6) is 0 Å². The van der Waals surface area contributed by atoms with Crippen LogP contribution in [0.4, 0.5) is 0 Å². The molecule has 0 bridgehead atoms. The zero-order valence-corrected chi connectivity index (χ0v) is 13.5. The molecule has 1 heterocycles. The minimum atomic E-state index is 0.476. The largest absolute Gasteiger partial charge is 0.373 e. The zero-order valence-electron chi connectivity index (χ0n) is 12.7. The van der Waals surface area contributed by atoms with Gasteiger partial charge in [-0.3, -0.25) is 0 Å². The van der Waals surface area contributed by atoms with Gasteiger partial charge in [-0.1, -0.05) is 13.8 Å². The lowest BCUT2D eigenvalue weighted by molar-refractivity contribution is -0.00803. The molecule has 3 rings (SSSR count). The zero-order chi connectivity index (χ0) is 13.9. The van der Waals surface area contributed by atoms with Crippen LogP contribution in [-0.2, 0) is 17.9 Å². The molecule has 0 saturated heterocycles. The van der Waals surface area contributed by atoms with Crippen LogP contribution >= 0.6 is 11.3 Å². The summed E-state index contributed by atoms with van der Waals surface area (Å²) in [5.41, 5.74) is 0. The molecule has 0 spiro atoms. The summed E-state index contributed by atoms with van der Waals surface area (Å²) in [7, 11) is 0. The van der Waals surface area contributed by atoms with Crippen molar-refractivity contribution in [3.8, 4) is 0 Å². The highest BCUT2D eigenvalue weighted by molar-refractivity contribution is 7.11. The van der Waals surface area contributed by atoms with E-state index >= 15 is 0 Å². The van der Waals surface area contributed by atoms with Gasteiger partial charge in [0.1, 0.15) is 0 Å². The smallest absolute Gasteiger partial charge is 0.0813 e. The van der Waals surface area contributed by atoms with Gasteiger partial charge in [0.15, 0.2) is 0 Å². The summed E-state index contributed by atoms with van der Waals surface area (Å²) in [5, 5.41) is 3.57. The minimum Gasteiger partial charge on any atom is -0.373 e. The van der Waals surface area contributed by atoms with Gasteiger partial charge in [-0.15, -0.1) is 11.3 Å². The first-order valence-electron chi connectivity index (χ1n) is 8.11. The van der Waals surface area contributed by atoms with Crippen molar-refractivity contribution in [2.45, 2.75) is 71.2 Å². The molecule has 20 heavy (non-hydrogen) atoms. The Bertz CT molecular complexity index is 416. The Hall–Kier alpha value is -0.380. The molecule has 2 saturated carbocycles. The van der Waals surface area contributed by atoms with E-state index in [-0.39, 0.29) is 0 Å². The van der Waals surface area contributed by atoms with Gasteiger partial charge in [-0.25, -0.2) is 0 Å². The van der Waals surface area contributed by atoms with E-state index in [2.05, 4.69) is 31.3 Å². The third-order valence-corrected chi connectivity index (χ3v) is 5.51. The van der Waals surface area contributed by atoms with Crippen LogP contribution in [-0.4, -0.2) is 12.1 Å². The Balaban J connectivity index is 1.43. The van der Waals surface area contributed by atoms with E-state index in [9.17, 15) is 0 Å². The van der Waals surface area contributed by atoms with Crippen LogP contribution in [0.1, 0.15) is 55.7 Å². The van der Waals surface area contributed by atoms with Crippen molar-refractivity contribution < 1.29 is 4.74 Å². The third-order valence-electron chi connectivity index (χ3n) is 4.46. The highest BCUT2D eigenvalue weighted by Crippen LogP contribution is 2.31. The fourth-order valence-corrected chi connectivity index (χ4v) is 4.23. The van der Waals surface area contributed by atoms with Crippen LogP contribution in [0, 0.1) is 11.8 Å². The first-order chi connectivity index (χ1) is 9.69.